The molecule has 1 N–H and O–H groups in total. The molecule has 0 unspecified atom stereocenters. The van der Waals surface area contributed by atoms with Crippen molar-refractivity contribution in [3.8, 4) is 11.5 Å². The monoisotopic (exact) mass is 431 g/mol. The third-order valence-electron chi connectivity index (χ3n) is 5.01. The van der Waals surface area contributed by atoms with Gasteiger partial charge in [0.15, 0.2) is 11.7 Å². The van der Waals surface area contributed by atoms with Gasteiger partial charge in [-0.1, -0.05) is 25.1 Å². The molecule has 164 valence electrons. The Bertz CT molecular complexity index is 1150. The van der Waals surface area contributed by atoms with Gasteiger partial charge in [-0.05, 0) is 67.3 Å². The lowest BCUT2D eigenvalue weighted by Gasteiger charge is -2.22. The van der Waals surface area contributed by atoms with Crippen molar-refractivity contribution in [2.45, 2.75) is 27.2 Å². The maximum Gasteiger partial charge on any atom is 0.282 e. The molecule has 2 aromatic carbocycles. The second kappa shape index (κ2) is 9.09. The standard InChI is InChI=1S/C25H25N3O4/c1-4-18-11-16(2)12-21(14-18)31-10-9-30-20-7-5-19(6-8-20)15-22-24(26)28-23(27-25(22)29)13-17(3)32-28/h5-8,11-15,26H,4,9-10H2,1-3H3/b22-15-,26-24?. The summed E-state index contributed by atoms with van der Waals surface area (Å²) in [4.78, 5) is 21.8. The van der Waals surface area contributed by atoms with E-state index in [1.807, 2.05) is 30.3 Å². The number of ether oxygens (including phenoxy) is 2. The van der Waals surface area contributed by atoms with Crippen LogP contribution in [-0.2, 0) is 16.1 Å². The van der Waals surface area contributed by atoms with Gasteiger partial charge in [-0.3, -0.25) is 10.2 Å². The van der Waals surface area contributed by atoms with Gasteiger partial charge in [0.2, 0.25) is 0 Å². The number of aliphatic imine (C=N–C) groups is 1. The first-order valence-corrected chi connectivity index (χ1v) is 10.5. The van der Waals surface area contributed by atoms with Crippen molar-refractivity contribution < 1.29 is 19.1 Å². The van der Waals surface area contributed by atoms with Crippen LogP contribution in [0.1, 0.15) is 30.5 Å². The van der Waals surface area contributed by atoms with Crippen molar-refractivity contribution >= 4 is 23.7 Å². The number of allylic oxidation sites excluding steroid dienone is 1. The molecule has 1 amide bonds. The van der Waals surface area contributed by atoms with Gasteiger partial charge in [0.1, 0.15) is 30.5 Å². The molecule has 0 saturated carbocycles. The molecular formula is C25H25N3O4. The number of hydrogen-bond donors (Lipinski definition) is 1. The molecule has 0 radical (unpaired) electrons. The first-order valence-electron chi connectivity index (χ1n) is 10.5. The van der Waals surface area contributed by atoms with E-state index < -0.39 is 5.91 Å². The van der Waals surface area contributed by atoms with Crippen LogP contribution in [0.3, 0.4) is 0 Å². The zero-order valence-corrected chi connectivity index (χ0v) is 18.3. The predicted octanol–water partition coefficient (Wildman–Crippen LogP) is 4.47. The topological polar surface area (TPSA) is 84.2 Å². The summed E-state index contributed by atoms with van der Waals surface area (Å²) in [7, 11) is 0. The van der Waals surface area contributed by atoms with E-state index in [1.165, 1.54) is 16.2 Å². The van der Waals surface area contributed by atoms with E-state index in [0.717, 1.165) is 17.7 Å². The van der Waals surface area contributed by atoms with Crippen LogP contribution in [0, 0.1) is 12.3 Å². The highest BCUT2D eigenvalue weighted by atomic mass is 16.7. The van der Waals surface area contributed by atoms with E-state index in [9.17, 15) is 4.79 Å². The molecule has 2 aliphatic heterocycles. The quantitative estimate of drug-likeness (QED) is 0.517. The molecule has 0 atom stereocenters. The van der Waals surface area contributed by atoms with E-state index in [4.69, 9.17) is 19.7 Å². The van der Waals surface area contributed by atoms with Crippen molar-refractivity contribution in [1.29, 1.82) is 5.41 Å². The largest absolute Gasteiger partial charge is 0.490 e. The van der Waals surface area contributed by atoms with E-state index in [0.29, 0.717) is 30.6 Å². The minimum absolute atomic E-state index is 0.0343. The minimum Gasteiger partial charge on any atom is -0.490 e. The molecule has 0 fully saturated rings. The Kier molecular flexibility index (Phi) is 6.07. The van der Waals surface area contributed by atoms with E-state index in [1.54, 1.807) is 19.1 Å². The van der Waals surface area contributed by atoms with Gasteiger partial charge in [0.05, 0.1) is 5.57 Å². The number of amidine groups is 2. The van der Waals surface area contributed by atoms with Crippen molar-refractivity contribution in [3.05, 3.63) is 76.6 Å². The highest BCUT2D eigenvalue weighted by Crippen LogP contribution is 2.24. The average molecular weight is 431 g/mol. The van der Waals surface area contributed by atoms with Crippen LogP contribution in [-0.4, -0.2) is 35.9 Å². The van der Waals surface area contributed by atoms with Gasteiger partial charge in [0.25, 0.3) is 5.91 Å². The van der Waals surface area contributed by atoms with Gasteiger partial charge >= 0.3 is 0 Å². The first-order chi connectivity index (χ1) is 15.4. The summed E-state index contributed by atoms with van der Waals surface area (Å²) in [6.07, 6.45) is 4.22. The molecule has 2 aromatic rings. The van der Waals surface area contributed by atoms with Crippen molar-refractivity contribution in [1.82, 2.24) is 5.06 Å². The van der Waals surface area contributed by atoms with E-state index in [2.05, 4.69) is 31.0 Å². The fraction of sp³-hybridized carbons (Fsp3) is 0.240. The van der Waals surface area contributed by atoms with Crippen molar-refractivity contribution in [3.63, 3.8) is 0 Å². The number of rotatable bonds is 7. The SMILES string of the molecule is CCc1cc(C)cc(OCCOc2ccc(/C=C3/C(=N)N4OC(C)=CC4=NC3=O)cc2)c1. The van der Waals surface area contributed by atoms with E-state index in [-0.39, 0.29) is 11.4 Å². The Morgan fingerprint density at radius 1 is 1.06 bits per heavy atom. The molecule has 7 heteroatoms. The highest BCUT2D eigenvalue weighted by Gasteiger charge is 2.34. The molecular weight excluding hydrogens is 406 g/mol. The van der Waals surface area contributed by atoms with Crippen molar-refractivity contribution in [2.24, 2.45) is 4.99 Å². The second-order valence-corrected chi connectivity index (χ2v) is 7.60. The maximum atomic E-state index is 12.3. The van der Waals surface area contributed by atoms with Gasteiger partial charge < -0.3 is 14.3 Å². The normalized spacial score (nSPS) is 16.5. The molecule has 32 heavy (non-hydrogen) atoms. The molecule has 2 aliphatic rings. The summed E-state index contributed by atoms with van der Waals surface area (Å²) >= 11 is 0. The number of hydrogen-bond acceptors (Lipinski definition) is 5. The molecule has 0 aromatic heterocycles. The molecule has 2 heterocycles. The van der Waals surface area contributed by atoms with Crippen LogP contribution >= 0.6 is 0 Å². The lowest BCUT2D eigenvalue weighted by Crippen LogP contribution is -2.38. The number of nitrogens with zero attached hydrogens (tertiary/aromatic N) is 2. The number of hydroxylamine groups is 2. The smallest absolute Gasteiger partial charge is 0.282 e. The summed E-state index contributed by atoms with van der Waals surface area (Å²) < 4.78 is 11.6. The van der Waals surface area contributed by atoms with E-state index >= 15 is 0 Å². The molecule has 7 nitrogen and oxygen atoms in total. The van der Waals surface area contributed by atoms with Gasteiger partial charge in [0, 0.05) is 6.08 Å². The van der Waals surface area contributed by atoms with Gasteiger partial charge in [-0.2, -0.15) is 4.99 Å². The Labute approximate surface area is 187 Å². The Balaban J connectivity index is 1.33. The summed E-state index contributed by atoms with van der Waals surface area (Å²) in [5, 5.41) is 9.51. The van der Waals surface area contributed by atoms with Crippen LogP contribution in [0.25, 0.3) is 6.08 Å². The summed E-state index contributed by atoms with van der Waals surface area (Å²) in [6, 6.07) is 13.5. The fourth-order valence-corrected chi connectivity index (χ4v) is 3.46. The summed E-state index contributed by atoms with van der Waals surface area (Å²) in [6.45, 7) is 6.78. The molecule has 0 bridgehead atoms. The molecule has 0 saturated heterocycles. The lowest BCUT2D eigenvalue weighted by molar-refractivity contribution is -0.114. The van der Waals surface area contributed by atoms with Crippen LogP contribution in [0.15, 0.2) is 64.9 Å². The third kappa shape index (κ3) is 4.72. The average Bonchev–Trinajstić information content (AvgIpc) is 3.15. The summed E-state index contributed by atoms with van der Waals surface area (Å²) in [5.41, 5.74) is 3.36. The number of carbonyl (C=O) groups is 1. The minimum atomic E-state index is -0.462. The number of nitrogens with one attached hydrogen (secondary N) is 1. The molecule has 4 rings (SSSR count). The Hall–Kier alpha value is -3.87. The first kappa shape index (κ1) is 21.4. The lowest BCUT2D eigenvalue weighted by atomic mass is 10.1. The Morgan fingerprint density at radius 2 is 1.78 bits per heavy atom. The number of amides is 1. The predicted molar refractivity (Wildman–Crippen MR) is 123 cm³/mol. The molecule has 0 aliphatic carbocycles. The van der Waals surface area contributed by atoms with Crippen LogP contribution < -0.4 is 9.47 Å². The summed E-state index contributed by atoms with van der Waals surface area (Å²) in [5.74, 6) is 1.97. The van der Waals surface area contributed by atoms with Gasteiger partial charge in [-0.15, -0.1) is 5.06 Å². The number of fused-ring (bicyclic) bond motifs is 1. The fourth-order valence-electron chi connectivity index (χ4n) is 3.46. The molecule has 0 spiro atoms. The third-order valence-corrected chi connectivity index (χ3v) is 5.01. The van der Waals surface area contributed by atoms with Crippen LogP contribution in [0.5, 0.6) is 11.5 Å². The number of carbonyl (C=O) groups excluding carboxylic acids is 1. The zero-order valence-electron chi connectivity index (χ0n) is 18.3. The number of aryl methyl sites for hydroxylation is 2. The van der Waals surface area contributed by atoms with Gasteiger partial charge in [-0.25, -0.2) is 0 Å². The second-order valence-electron chi connectivity index (χ2n) is 7.60. The number of benzene rings is 2. The maximum absolute atomic E-state index is 12.3. The van der Waals surface area contributed by atoms with Crippen LogP contribution in [0.4, 0.5) is 0 Å². The highest BCUT2D eigenvalue weighted by molar-refractivity contribution is 6.32. The van der Waals surface area contributed by atoms with Crippen LogP contribution in [0.2, 0.25) is 0 Å². The Morgan fingerprint density at radius 3 is 2.50 bits per heavy atom. The zero-order chi connectivity index (χ0) is 22.7. The van der Waals surface area contributed by atoms with Crippen molar-refractivity contribution in [2.75, 3.05) is 13.2 Å².